The molecule has 1 aliphatic rings. The van der Waals surface area contributed by atoms with Gasteiger partial charge in [-0.15, -0.1) is 0 Å². The number of H-pyrrole nitrogens is 1. The third-order valence-electron chi connectivity index (χ3n) is 5.21. The molecular weight excluding hydrogens is 412 g/mol. The lowest BCUT2D eigenvalue weighted by Gasteiger charge is -2.19. The van der Waals surface area contributed by atoms with Crippen LogP contribution >= 0.6 is 11.6 Å². The number of nitrogens with one attached hydrogen (secondary N) is 1. The second-order valence-electron chi connectivity index (χ2n) is 7.35. The second kappa shape index (κ2) is 8.36. The van der Waals surface area contributed by atoms with E-state index < -0.39 is 0 Å². The average Bonchev–Trinajstić information content (AvgIpc) is 3.19. The lowest BCUT2D eigenvalue weighted by molar-refractivity contribution is 0.171. The van der Waals surface area contributed by atoms with E-state index in [2.05, 4.69) is 10.2 Å². The first-order valence-corrected chi connectivity index (χ1v) is 10.5. The van der Waals surface area contributed by atoms with Crippen molar-refractivity contribution in [1.29, 1.82) is 0 Å². The van der Waals surface area contributed by atoms with Crippen LogP contribution in [-0.4, -0.2) is 23.4 Å². The van der Waals surface area contributed by atoms with Crippen molar-refractivity contribution < 1.29 is 14.2 Å². The van der Waals surface area contributed by atoms with E-state index >= 15 is 0 Å². The molecule has 0 unspecified atom stereocenters. The Morgan fingerprint density at radius 3 is 2.61 bits per heavy atom. The molecule has 0 atom stereocenters. The van der Waals surface area contributed by atoms with Crippen LogP contribution in [0, 0.1) is 6.92 Å². The maximum atomic E-state index is 6.35. The highest BCUT2D eigenvalue weighted by Crippen LogP contribution is 2.42. The van der Waals surface area contributed by atoms with Crippen molar-refractivity contribution in [3.05, 3.63) is 83.0 Å². The van der Waals surface area contributed by atoms with E-state index in [1.54, 1.807) is 0 Å². The zero-order valence-electron chi connectivity index (χ0n) is 17.0. The average molecular weight is 433 g/mol. The fourth-order valence-electron chi connectivity index (χ4n) is 3.72. The summed E-state index contributed by atoms with van der Waals surface area (Å²) in [6.07, 6.45) is 0. The molecule has 0 fully saturated rings. The molecule has 2 heterocycles. The van der Waals surface area contributed by atoms with Gasteiger partial charge in [-0.05, 0) is 48.4 Å². The van der Waals surface area contributed by atoms with Crippen LogP contribution in [0.15, 0.2) is 66.7 Å². The van der Waals surface area contributed by atoms with Gasteiger partial charge in [-0.3, -0.25) is 5.10 Å². The molecule has 31 heavy (non-hydrogen) atoms. The Morgan fingerprint density at radius 1 is 0.968 bits per heavy atom. The van der Waals surface area contributed by atoms with Gasteiger partial charge in [-0.1, -0.05) is 48.0 Å². The Kier molecular flexibility index (Phi) is 5.26. The first kappa shape index (κ1) is 19.5. The molecule has 156 valence electrons. The van der Waals surface area contributed by atoms with Gasteiger partial charge in [-0.25, -0.2) is 0 Å². The Hall–Kier alpha value is -3.44. The van der Waals surface area contributed by atoms with Crippen LogP contribution in [0.25, 0.3) is 22.4 Å². The SMILES string of the molecule is Cc1[nH]nc(-c2cc(Cl)ccc2OCc2ccccc2)c1-c1ccc2c(c1)OCCO2. The number of hydrogen-bond acceptors (Lipinski definition) is 4. The van der Waals surface area contributed by atoms with Crippen LogP contribution in [0.2, 0.25) is 5.02 Å². The molecule has 0 radical (unpaired) electrons. The maximum absolute atomic E-state index is 6.35. The Bertz CT molecular complexity index is 1220. The summed E-state index contributed by atoms with van der Waals surface area (Å²) in [6.45, 7) is 3.56. The number of hydrogen-bond donors (Lipinski definition) is 1. The highest BCUT2D eigenvalue weighted by molar-refractivity contribution is 6.31. The fraction of sp³-hybridized carbons (Fsp3) is 0.160. The van der Waals surface area contributed by atoms with Crippen LogP contribution in [0.1, 0.15) is 11.3 Å². The molecule has 0 saturated heterocycles. The summed E-state index contributed by atoms with van der Waals surface area (Å²) < 4.78 is 17.6. The zero-order valence-corrected chi connectivity index (χ0v) is 17.8. The minimum Gasteiger partial charge on any atom is -0.488 e. The van der Waals surface area contributed by atoms with Crippen molar-refractivity contribution in [2.75, 3.05) is 13.2 Å². The monoisotopic (exact) mass is 432 g/mol. The van der Waals surface area contributed by atoms with Crippen LogP contribution < -0.4 is 14.2 Å². The largest absolute Gasteiger partial charge is 0.488 e. The molecule has 0 aliphatic carbocycles. The van der Waals surface area contributed by atoms with E-state index in [0.717, 1.165) is 50.9 Å². The van der Waals surface area contributed by atoms with Crippen molar-refractivity contribution >= 4 is 11.6 Å². The van der Waals surface area contributed by atoms with E-state index in [9.17, 15) is 0 Å². The predicted octanol–water partition coefficient (Wildman–Crippen LogP) is 6.06. The molecule has 5 nitrogen and oxygen atoms in total. The number of aromatic amines is 1. The third kappa shape index (κ3) is 3.97. The molecule has 1 aliphatic heterocycles. The van der Waals surface area contributed by atoms with Gasteiger partial charge in [0.05, 0.1) is 0 Å². The summed E-state index contributed by atoms with van der Waals surface area (Å²) in [7, 11) is 0. The zero-order chi connectivity index (χ0) is 21.2. The van der Waals surface area contributed by atoms with E-state index in [-0.39, 0.29) is 0 Å². The molecular formula is C25H21ClN2O3. The third-order valence-corrected chi connectivity index (χ3v) is 5.45. The summed E-state index contributed by atoms with van der Waals surface area (Å²) in [5.74, 6) is 2.22. The van der Waals surface area contributed by atoms with Crippen molar-refractivity contribution in [2.24, 2.45) is 0 Å². The fourth-order valence-corrected chi connectivity index (χ4v) is 3.90. The predicted molar refractivity (Wildman–Crippen MR) is 121 cm³/mol. The first-order chi connectivity index (χ1) is 15.2. The number of aromatic nitrogens is 2. The minimum absolute atomic E-state index is 0.457. The van der Waals surface area contributed by atoms with Crippen LogP contribution in [0.3, 0.4) is 0 Å². The standard InChI is InChI=1S/C25H21ClN2O3/c1-16-24(18-7-9-22-23(13-18)30-12-11-29-22)25(28-27-16)20-14-19(26)8-10-21(20)31-15-17-5-3-2-4-6-17/h2-10,13-14H,11-12,15H2,1H3,(H,27,28). The number of rotatable bonds is 5. The number of nitrogens with zero attached hydrogens (tertiary/aromatic N) is 1. The quantitative estimate of drug-likeness (QED) is 0.416. The van der Waals surface area contributed by atoms with Gasteiger partial charge < -0.3 is 14.2 Å². The van der Waals surface area contributed by atoms with Crippen molar-refractivity contribution in [3.8, 4) is 39.6 Å². The van der Waals surface area contributed by atoms with Gasteiger partial charge in [0, 0.05) is 21.8 Å². The summed E-state index contributed by atoms with van der Waals surface area (Å²) in [4.78, 5) is 0. The molecule has 5 rings (SSSR count). The van der Waals surface area contributed by atoms with E-state index in [4.69, 9.17) is 25.8 Å². The topological polar surface area (TPSA) is 56.4 Å². The number of halogens is 1. The Balaban J connectivity index is 1.55. The van der Waals surface area contributed by atoms with Gasteiger partial charge in [0.15, 0.2) is 11.5 Å². The van der Waals surface area contributed by atoms with E-state index in [1.807, 2.05) is 73.7 Å². The molecule has 1 aromatic heterocycles. The second-order valence-corrected chi connectivity index (χ2v) is 7.78. The summed E-state index contributed by atoms with van der Waals surface area (Å²) in [6, 6.07) is 21.6. The number of ether oxygens (including phenoxy) is 3. The summed E-state index contributed by atoms with van der Waals surface area (Å²) >= 11 is 6.35. The lowest BCUT2D eigenvalue weighted by Crippen LogP contribution is -2.15. The van der Waals surface area contributed by atoms with Gasteiger partial charge >= 0.3 is 0 Å². The van der Waals surface area contributed by atoms with Gasteiger partial charge in [0.2, 0.25) is 0 Å². The minimum atomic E-state index is 0.457. The highest BCUT2D eigenvalue weighted by Gasteiger charge is 2.21. The molecule has 0 bridgehead atoms. The van der Waals surface area contributed by atoms with E-state index in [1.165, 1.54) is 0 Å². The van der Waals surface area contributed by atoms with Crippen LogP contribution in [-0.2, 0) is 6.61 Å². The van der Waals surface area contributed by atoms with Gasteiger partial charge in [0.25, 0.3) is 0 Å². The molecule has 6 heteroatoms. The molecule has 3 aromatic carbocycles. The molecule has 0 amide bonds. The van der Waals surface area contributed by atoms with Gasteiger partial charge in [-0.2, -0.15) is 5.10 Å². The molecule has 0 saturated carbocycles. The Labute approximate surface area is 185 Å². The maximum Gasteiger partial charge on any atom is 0.161 e. The Morgan fingerprint density at radius 2 is 1.77 bits per heavy atom. The van der Waals surface area contributed by atoms with Crippen molar-refractivity contribution in [3.63, 3.8) is 0 Å². The normalized spacial score (nSPS) is 12.6. The molecule has 0 spiro atoms. The number of benzene rings is 3. The van der Waals surface area contributed by atoms with Crippen molar-refractivity contribution in [1.82, 2.24) is 10.2 Å². The smallest absolute Gasteiger partial charge is 0.161 e. The first-order valence-electron chi connectivity index (χ1n) is 10.1. The van der Waals surface area contributed by atoms with Crippen molar-refractivity contribution in [2.45, 2.75) is 13.5 Å². The number of aryl methyl sites for hydroxylation is 1. The highest BCUT2D eigenvalue weighted by atomic mass is 35.5. The van der Waals surface area contributed by atoms with Crippen LogP contribution in [0.5, 0.6) is 17.2 Å². The number of fused-ring (bicyclic) bond motifs is 1. The van der Waals surface area contributed by atoms with E-state index in [0.29, 0.717) is 24.8 Å². The summed E-state index contributed by atoms with van der Waals surface area (Å²) in [5, 5.41) is 8.33. The van der Waals surface area contributed by atoms with Crippen LogP contribution in [0.4, 0.5) is 0 Å². The summed E-state index contributed by atoms with van der Waals surface area (Å²) in [5.41, 5.74) is 5.61. The van der Waals surface area contributed by atoms with Gasteiger partial charge in [0.1, 0.15) is 31.3 Å². The lowest BCUT2D eigenvalue weighted by atomic mass is 9.98. The molecule has 4 aromatic rings. The molecule has 1 N–H and O–H groups in total.